The molecule has 0 amide bonds. The number of carbonyl (C=O) groups is 1. The Balaban J connectivity index is 1.73. The van der Waals surface area contributed by atoms with Crippen molar-refractivity contribution in [3.63, 3.8) is 0 Å². The predicted octanol–water partition coefficient (Wildman–Crippen LogP) is 2.98. The maximum absolute atomic E-state index is 11.8. The zero-order valence-electron chi connectivity index (χ0n) is 10.7. The minimum Gasteiger partial charge on any atom is -0.373 e. The van der Waals surface area contributed by atoms with Crippen molar-refractivity contribution in [1.29, 1.82) is 0 Å². The zero-order chi connectivity index (χ0) is 13.7. The maximum atomic E-state index is 11.8. The lowest BCUT2D eigenvalue weighted by Crippen LogP contribution is -2.16. The van der Waals surface area contributed by atoms with E-state index in [9.17, 15) is 14.9 Å². The van der Waals surface area contributed by atoms with Crippen LogP contribution in [-0.2, 0) is 4.74 Å². The van der Waals surface area contributed by atoms with Crippen molar-refractivity contribution >= 4 is 11.5 Å². The molecule has 0 bridgehead atoms. The first-order valence-electron chi connectivity index (χ1n) is 6.52. The number of hydrogen-bond acceptors (Lipinski definition) is 4. The standard InChI is InChI=1S/C14H17NO4/c16-14(10-19-9-8-11-2-1-3-11)12-4-6-13(7-5-12)15(17)18/h4-7,11H,1-3,8-10H2. The van der Waals surface area contributed by atoms with Gasteiger partial charge in [0, 0.05) is 24.3 Å². The quantitative estimate of drug-likeness (QED) is 0.328. The van der Waals surface area contributed by atoms with Gasteiger partial charge in [0.1, 0.15) is 6.61 Å². The number of rotatable bonds is 7. The second kappa shape index (κ2) is 6.43. The molecule has 5 heteroatoms. The molecule has 19 heavy (non-hydrogen) atoms. The van der Waals surface area contributed by atoms with Crippen LogP contribution in [0.3, 0.4) is 0 Å². The number of Topliss-reactive ketones (excluding diaryl/α,β-unsaturated/α-hetero) is 1. The topological polar surface area (TPSA) is 69.4 Å². The molecule has 102 valence electrons. The van der Waals surface area contributed by atoms with Crippen LogP contribution in [0.15, 0.2) is 24.3 Å². The van der Waals surface area contributed by atoms with Gasteiger partial charge in [0.05, 0.1) is 4.92 Å². The number of nitro groups is 1. The van der Waals surface area contributed by atoms with Crippen molar-refractivity contribution in [3.05, 3.63) is 39.9 Å². The van der Waals surface area contributed by atoms with Gasteiger partial charge < -0.3 is 4.74 Å². The summed E-state index contributed by atoms with van der Waals surface area (Å²) < 4.78 is 5.35. The van der Waals surface area contributed by atoms with Gasteiger partial charge in [0.15, 0.2) is 5.78 Å². The summed E-state index contributed by atoms with van der Waals surface area (Å²) >= 11 is 0. The number of benzene rings is 1. The Morgan fingerprint density at radius 3 is 2.53 bits per heavy atom. The third-order valence-corrected chi connectivity index (χ3v) is 3.53. The predicted molar refractivity (Wildman–Crippen MR) is 70.2 cm³/mol. The fourth-order valence-electron chi connectivity index (χ4n) is 2.05. The van der Waals surface area contributed by atoms with E-state index in [2.05, 4.69) is 0 Å². The van der Waals surface area contributed by atoms with E-state index in [4.69, 9.17) is 4.74 Å². The lowest BCUT2D eigenvalue weighted by Gasteiger charge is -2.24. The normalized spacial score (nSPS) is 14.9. The molecular weight excluding hydrogens is 246 g/mol. The molecule has 0 radical (unpaired) electrons. The van der Waals surface area contributed by atoms with E-state index >= 15 is 0 Å². The second-order valence-electron chi connectivity index (χ2n) is 4.87. The van der Waals surface area contributed by atoms with E-state index in [1.54, 1.807) is 0 Å². The number of ether oxygens (including phenoxy) is 1. The molecule has 1 aliphatic rings. The van der Waals surface area contributed by atoms with Crippen molar-refractivity contribution < 1.29 is 14.5 Å². The summed E-state index contributed by atoms with van der Waals surface area (Å²) in [6.45, 7) is 0.661. The highest BCUT2D eigenvalue weighted by atomic mass is 16.6. The van der Waals surface area contributed by atoms with Crippen LogP contribution in [0, 0.1) is 16.0 Å². The van der Waals surface area contributed by atoms with E-state index < -0.39 is 4.92 Å². The molecular formula is C14H17NO4. The molecule has 0 aliphatic heterocycles. The average Bonchev–Trinajstić information content (AvgIpc) is 2.36. The second-order valence-corrected chi connectivity index (χ2v) is 4.87. The van der Waals surface area contributed by atoms with Crippen LogP contribution in [-0.4, -0.2) is 23.9 Å². The Labute approximate surface area is 111 Å². The van der Waals surface area contributed by atoms with Gasteiger partial charge in [0.25, 0.3) is 5.69 Å². The van der Waals surface area contributed by atoms with Gasteiger partial charge >= 0.3 is 0 Å². The van der Waals surface area contributed by atoms with Crippen LogP contribution in [0.1, 0.15) is 36.0 Å². The van der Waals surface area contributed by atoms with Crippen molar-refractivity contribution in [2.45, 2.75) is 25.7 Å². The summed E-state index contributed by atoms with van der Waals surface area (Å²) in [5.41, 5.74) is 0.441. The summed E-state index contributed by atoms with van der Waals surface area (Å²) in [6.07, 6.45) is 4.89. The molecule has 2 rings (SSSR count). The maximum Gasteiger partial charge on any atom is 0.269 e. The third-order valence-electron chi connectivity index (χ3n) is 3.53. The van der Waals surface area contributed by atoms with Gasteiger partial charge in [-0.3, -0.25) is 14.9 Å². The molecule has 1 aromatic carbocycles. The molecule has 0 N–H and O–H groups in total. The van der Waals surface area contributed by atoms with Crippen molar-refractivity contribution in [2.24, 2.45) is 5.92 Å². The van der Waals surface area contributed by atoms with E-state index in [0.717, 1.165) is 12.3 Å². The Morgan fingerprint density at radius 1 is 1.32 bits per heavy atom. The lowest BCUT2D eigenvalue weighted by atomic mass is 9.83. The Hall–Kier alpha value is -1.75. The molecule has 0 heterocycles. The number of carbonyl (C=O) groups excluding carboxylic acids is 1. The van der Waals surface area contributed by atoms with Crippen molar-refractivity contribution in [1.82, 2.24) is 0 Å². The average molecular weight is 263 g/mol. The molecule has 1 fully saturated rings. The third kappa shape index (κ3) is 3.86. The minimum atomic E-state index is -0.483. The highest BCUT2D eigenvalue weighted by molar-refractivity contribution is 5.97. The molecule has 0 atom stereocenters. The van der Waals surface area contributed by atoms with Crippen LogP contribution in [0.2, 0.25) is 0 Å². The van der Waals surface area contributed by atoms with Crippen LogP contribution in [0.25, 0.3) is 0 Å². The number of ketones is 1. The fraction of sp³-hybridized carbons (Fsp3) is 0.500. The number of nitrogens with zero attached hydrogens (tertiary/aromatic N) is 1. The molecule has 5 nitrogen and oxygen atoms in total. The Kier molecular flexibility index (Phi) is 4.63. The van der Waals surface area contributed by atoms with E-state index in [1.807, 2.05) is 0 Å². The monoisotopic (exact) mass is 263 g/mol. The molecule has 0 spiro atoms. The Bertz CT molecular complexity index is 451. The summed E-state index contributed by atoms with van der Waals surface area (Å²) in [4.78, 5) is 21.8. The first-order valence-corrected chi connectivity index (χ1v) is 6.52. The first-order chi connectivity index (χ1) is 9.16. The van der Waals surface area contributed by atoms with Gasteiger partial charge in [-0.15, -0.1) is 0 Å². The van der Waals surface area contributed by atoms with Crippen LogP contribution in [0.4, 0.5) is 5.69 Å². The summed E-state index contributed by atoms with van der Waals surface area (Å²) in [5.74, 6) is 0.637. The highest BCUT2D eigenvalue weighted by Gasteiger charge is 2.17. The summed E-state index contributed by atoms with van der Waals surface area (Å²) in [5, 5.41) is 10.5. The Morgan fingerprint density at radius 2 is 2.00 bits per heavy atom. The molecule has 0 saturated heterocycles. The smallest absolute Gasteiger partial charge is 0.269 e. The molecule has 0 unspecified atom stereocenters. The fourth-order valence-corrected chi connectivity index (χ4v) is 2.05. The molecule has 1 saturated carbocycles. The molecule has 1 aromatic rings. The van der Waals surface area contributed by atoms with E-state index in [1.165, 1.54) is 43.5 Å². The van der Waals surface area contributed by atoms with Crippen molar-refractivity contribution in [3.8, 4) is 0 Å². The molecule has 1 aliphatic carbocycles. The van der Waals surface area contributed by atoms with Gasteiger partial charge in [-0.1, -0.05) is 19.3 Å². The van der Waals surface area contributed by atoms with Crippen LogP contribution in [0.5, 0.6) is 0 Å². The summed E-state index contributed by atoms with van der Waals surface area (Å²) in [6, 6.07) is 5.61. The minimum absolute atomic E-state index is 0.0116. The first kappa shape index (κ1) is 13.7. The van der Waals surface area contributed by atoms with Crippen LogP contribution >= 0.6 is 0 Å². The van der Waals surface area contributed by atoms with Gasteiger partial charge in [0.2, 0.25) is 0 Å². The highest BCUT2D eigenvalue weighted by Crippen LogP contribution is 2.29. The number of hydrogen-bond donors (Lipinski definition) is 0. The largest absolute Gasteiger partial charge is 0.373 e. The summed E-state index contributed by atoms with van der Waals surface area (Å²) in [7, 11) is 0. The number of nitro benzene ring substituents is 1. The lowest BCUT2D eigenvalue weighted by molar-refractivity contribution is -0.384. The number of non-ortho nitro benzene ring substituents is 1. The van der Waals surface area contributed by atoms with E-state index in [-0.39, 0.29) is 18.1 Å². The van der Waals surface area contributed by atoms with Crippen LogP contribution < -0.4 is 0 Å². The van der Waals surface area contributed by atoms with Gasteiger partial charge in [-0.05, 0) is 24.5 Å². The van der Waals surface area contributed by atoms with Gasteiger partial charge in [-0.2, -0.15) is 0 Å². The van der Waals surface area contributed by atoms with Crippen molar-refractivity contribution in [2.75, 3.05) is 13.2 Å². The van der Waals surface area contributed by atoms with E-state index in [0.29, 0.717) is 12.2 Å². The SMILES string of the molecule is O=C(COCCC1CCC1)c1ccc([N+](=O)[O-])cc1. The zero-order valence-corrected chi connectivity index (χ0v) is 10.7. The molecule has 0 aromatic heterocycles. The van der Waals surface area contributed by atoms with Gasteiger partial charge in [-0.25, -0.2) is 0 Å².